The highest BCUT2D eigenvalue weighted by Crippen LogP contribution is 2.27. The normalized spacial score (nSPS) is 11.3. The monoisotopic (exact) mass is 404 g/mol. The van der Waals surface area contributed by atoms with Crippen LogP contribution in [-0.2, 0) is 25.5 Å². The number of methoxy groups -OCH3 is 1. The van der Waals surface area contributed by atoms with Crippen molar-refractivity contribution in [3.63, 3.8) is 0 Å². The van der Waals surface area contributed by atoms with E-state index in [1.165, 1.54) is 21.0 Å². The van der Waals surface area contributed by atoms with Crippen molar-refractivity contribution in [2.45, 2.75) is 26.4 Å². The van der Waals surface area contributed by atoms with Crippen molar-refractivity contribution in [1.29, 1.82) is 0 Å². The molecule has 2 aromatic carbocycles. The third-order valence-electron chi connectivity index (χ3n) is 3.72. The molecule has 8 heteroatoms. The molecule has 0 radical (unpaired) electrons. The van der Waals surface area contributed by atoms with Crippen molar-refractivity contribution in [3.05, 3.63) is 53.1 Å². The van der Waals surface area contributed by atoms with Gasteiger partial charge in [0.1, 0.15) is 5.75 Å². The highest BCUT2D eigenvalue weighted by atomic mass is 35.5. The molecule has 0 unspecified atom stereocenters. The Labute approximate surface area is 168 Å². The molecule has 0 heterocycles. The highest BCUT2D eigenvalue weighted by Gasteiger charge is 2.19. The van der Waals surface area contributed by atoms with Crippen LogP contribution in [-0.4, -0.2) is 31.0 Å². The molecular formula is C20H21ClN2O5. The number of carbonyl (C=O) groups is 3. The Balaban J connectivity index is 1.92. The molecule has 2 amide bonds. The summed E-state index contributed by atoms with van der Waals surface area (Å²) in [6, 6.07) is 11.6. The average Bonchev–Trinajstić information content (AvgIpc) is 2.63. The number of ether oxygens (including phenoxy) is 2. The van der Waals surface area contributed by atoms with Gasteiger partial charge in [-0.1, -0.05) is 23.7 Å². The fourth-order valence-electron chi connectivity index (χ4n) is 2.38. The van der Waals surface area contributed by atoms with Crippen molar-refractivity contribution in [1.82, 2.24) is 0 Å². The fraction of sp³-hybridized carbons (Fsp3) is 0.250. The largest absolute Gasteiger partial charge is 0.495 e. The lowest BCUT2D eigenvalue weighted by Crippen LogP contribution is -2.30. The molecule has 0 spiro atoms. The molecule has 148 valence electrons. The van der Waals surface area contributed by atoms with Gasteiger partial charge in [-0.3, -0.25) is 14.4 Å². The lowest BCUT2D eigenvalue weighted by atomic mass is 10.1. The number of hydrogen-bond donors (Lipinski definition) is 2. The molecule has 0 aliphatic rings. The van der Waals surface area contributed by atoms with Gasteiger partial charge in [0, 0.05) is 17.6 Å². The minimum Gasteiger partial charge on any atom is -0.495 e. The van der Waals surface area contributed by atoms with Crippen LogP contribution in [0.25, 0.3) is 0 Å². The summed E-state index contributed by atoms with van der Waals surface area (Å²) in [6.45, 7) is 2.89. The first-order valence-electron chi connectivity index (χ1n) is 8.49. The number of esters is 1. The van der Waals surface area contributed by atoms with E-state index in [1.54, 1.807) is 42.5 Å². The average molecular weight is 405 g/mol. The van der Waals surface area contributed by atoms with Gasteiger partial charge in [-0.2, -0.15) is 0 Å². The maximum absolute atomic E-state index is 12.3. The van der Waals surface area contributed by atoms with E-state index >= 15 is 0 Å². The number of nitrogens with one attached hydrogen (secondary N) is 2. The first-order chi connectivity index (χ1) is 13.3. The Kier molecular flexibility index (Phi) is 7.40. The van der Waals surface area contributed by atoms with E-state index in [2.05, 4.69) is 10.6 Å². The molecule has 0 bridgehead atoms. The summed E-state index contributed by atoms with van der Waals surface area (Å²) >= 11 is 5.93. The Morgan fingerprint density at radius 1 is 1.07 bits per heavy atom. The van der Waals surface area contributed by atoms with E-state index in [-0.39, 0.29) is 12.3 Å². The molecule has 2 aromatic rings. The summed E-state index contributed by atoms with van der Waals surface area (Å²) in [4.78, 5) is 35.4. The van der Waals surface area contributed by atoms with Crippen molar-refractivity contribution in [2.24, 2.45) is 0 Å². The molecular weight excluding hydrogens is 384 g/mol. The predicted octanol–water partition coefficient (Wildman–Crippen LogP) is 3.42. The topological polar surface area (TPSA) is 93.7 Å². The summed E-state index contributed by atoms with van der Waals surface area (Å²) in [5.74, 6) is -0.790. The van der Waals surface area contributed by atoms with E-state index in [9.17, 15) is 14.4 Å². The van der Waals surface area contributed by atoms with Gasteiger partial charge >= 0.3 is 5.97 Å². The van der Waals surface area contributed by atoms with Gasteiger partial charge in [0.2, 0.25) is 5.91 Å². The van der Waals surface area contributed by atoms with Crippen LogP contribution < -0.4 is 15.4 Å². The van der Waals surface area contributed by atoms with Gasteiger partial charge in [-0.15, -0.1) is 0 Å². The van der Waals surface area contributed by atoms with Gasteiger partial charge in [0.25, 0.3) is 5.91 Å². The molecule has 7 nitrogen and oxygen atoms in total. The zero-order chi connectivity index (χ0) is 20.7. The van der Waals surface area contributed by atoms with E-state index in [1.807, 2.05) is 0 Å². The minimum absolute atomic E-state index is 0.00153. The number of halogens is 1. The van der Waals surface area contributed by atoms with E-state index < -0.39 is 18.0 Å². The van der Waals surface area contributed by atoms with Crippen LogP contribution in [0, 0.1) is 0 Å². The SMILES string of the molecule is COc1ccc(Cl)cc1NC(=O)[C@@H](C)OC(=O)Cc1ccc(NC(C)=O)cc1. The molecule has 1 atom stereocenters. The molecule has 0 fully saturated rings. The third-order valence-corrected chi connectivity index (χ3v) is 3.95. The zero-order valence-corrected chi connectivity index (χ0v) is 16.5. The lowest BCUT2D eigenvalue weighted by molar-refractivity contribution is -0.152. The molecule has 0 saturated heterocycles. The van der Waals surface area contributed by atoms with Crippen LogP contribution in [0.1, 0.15) is 19.4 Å². The number of anilines is 2. The summed E-state index contributed by atoms with van der Waals surface area (Å²) < 4.78 is 10.4. The summed E-state index contributed by atoms with van der Waals surface area (Å²) in [5.41, 5.74) is 1.72. The second-order valence-corrected chi connectivity index (χ2v) is 6.46. The molecule has 0 saturated carbocycles. The fourth-order valence-corrected chi connectivity index (χ4v) is 2.55. The Bertz CT molecular complexity index is 867. The molecule has 2 N–H and O–H groups in total. The summed E-state index contributed by atoms with van der Waals surface area (Å²) in [6.07, 6.45) is -1.01. The van der Waals surface area contributed by atoms with Gasteiger partial charge in [-0.25, -0.2) is 0 Å². The van der Waals surface area contributed by atoms with Crippen LogP contribution >= 0.6 is 11.6 Å². The second-order valence-electron chi connectivity index (χ2n) is 6.02. The summed E-state index contributed by atoms with van der Waals surface area (Å²) in [7, 11) is 1.47. The van der Waals surface area contributed by atoms with Crippen molar-refractivity contribution >= 4 is 40.8 Å². The predicted molar refractivity (Wildman–Crippen MR) is 107 cm³/mol. The number of rotatable bonds is 7. The highest BCUT2D eigenvalue weighted by molar-refractivity contribution is 6.31. The minimum atomic E-state index is -1.00. The third kappa shape index (κ3) is 6.28. The van der Waals surface area contributed by atoms with Crippen molar-refractivity contribution in [3.8, 4) is 5.75 Å². The standard InChI is InChI=1S/C20H21ClN2O5/c1-12(20(26)23-17-11-15(21)6-9-18(17)27-3)28-19(25)10-14-4-7-16(8-5-14)22-13(2)24/h4-9,11-12H,10H2,1-3H3,(H,22,24)(H,23,26)/t12-/m1/s1. The van der Waals surface area contributed by atoms with Gasteiger partial charge < -0.3 is 20.1 Å². The van der Waals surface area contributed by atoms with E-state index in [4.69, 9.17) is 21.1 Å². The van der Waals surface area contributed by atoms with Gasteiger partial charge in [0.05, 0.1) is 19.2 Å². The van der Waals surface area contributed by atoms with E-state index in [0.29, 0.717) is 27.7 Å². The number of carbonyl (C=O) groups excluding carboxylic acids is 3. The Morgan fingerprint density at radius 3 is 2.36 bits per heavy atom. The molecule has 28 heavy (non-hydrogen) atoms. The maximum Gasteiger partial charge on any atom is 0.311 e. The number of benzene rings is 2. The zero-order valence-electron chi connectivity index (χ0n) is 15.7. The first kappa shape index (κ1) is 21.2. The van der Waals surface area contributed by atoms with Crippen LogP contribution in [0.5, 0.6) is 5.75 Å². The molecule has 0 aliphatic heterocycles. The quantitative estimate of drug-likeness (QED) is 0.689. The van der Waals surface area contributed by atoms with Crippen LogP contribution in [0.3, 0.4) is 0 Å². The van der Waals surface area contributed by atoms with Gasteiger partial charge in [-0.05, 0) is 42.8 Å². The molecule has 0 aliphatic carbocycles. The number of hydrogen-bond acceptors (Lipinski definition) is 5. The maximum atomic E-state index is 12.3. The van der Waals surface area contributed by atoms with Crippen molar-refractivity contribution < 1.29 is 23.9 Å². The first-order valence-corrected chi connectivity index (χ1v) is 8.86. The summed E-state index contributed by atoms with van der Waals surface area (Å²) in [5, 5.41) is 5.71. The molecule has 0 aromatic heterocycles. The van der Waals surface area contributed by atoms with Crippen molar-refractivity contribution in [2.75, 3.05) is 17.7 Å². The lowest BCUT2D eigenvalue weighted by Gasteiger charge is -2.15. The van der Waals surface area contributed by atoms with E-state index in [0.717, 1.165) is 0 Å². The molecule has 2 rings (SSSR count). The van der Waals surface area contributed by atoms with Gasteiger partial charge in [0.15, 0.2) is 6.10 Å². The number of amides is 2. The Hall–Kier alpha value is -3.06. The smallest absolute Gasteiger partial charge is 0.311 e. The Morgan fingerprint density at radius 2 is 1.75 bits per heavy atom. The second kappa shape index (κ2) is 9.75. The van der Waals surface area contributed by atoms with Crippen LogP contribution in [0.2, 0.25) is 5.02 Å². The van der Waals surface area contributed by atoms with Crippen LogP contribution in [0.15, 0.2) is 42.5 Å². The van der Waals surface area contributed by atoms with Crippen LogP contribution in [0.4, 0.5) is 11.4 Å².